The van der Waals surface area contributed by atoms with Gasteiger partial charge in [-0.05, 0) is 67.0 Å². The molecule has 34 heavy (non-hydrogen) atoms. The van der Waals surface area contributed by atoms with Crippen LogP contribution in [0.15, 0.2) is 48.7 Å². The molecule has 180 valence electrons. The maximum atomic E-state index is 13.3. The van der Waals surface area contributed by atoms with Crippen molar-refractivity contribution >= 4 is 23.7 Å². The van der Waals surface area contributed by atoms with Crippen LogP contribution in [0.2, 0.25) is 0 Å². The molecule has 0 saturated carbocycles. The first-order chi connectivity index (χ1) is 16.2. The van der Waals surface area contributed by atoms with Gasteiger partial charge in [-0.1, -0.05) is 19.9 Å². The van der Waals surface area contributed by atoms with E-state index in [1.807, 2.05) is 14.0 Å². The summed E-state index contributed by atoms with van der Waals surface area (Å²) in [6.07, 6.45) is 1.05. The van der Waals surface area contributed by atoms with E-state index in [2.05, 4.69) is 22.5 Å². The highest BCUT2D eigenvalue weighted by Crippen LogP contribution is 2.29. The second-order valence-corrected chi connectivity index (χ2v) is 7.34. The number of carbonyl (C=O) groups is 2. The van der Waals surface area contributed by atoms with Gasteiger partial charge in [-0.25, -0.2) is 13.8 Å². The van der Waals surface area contributed by atoms with Gasteiger partial charge >= 0.3 is 0 Å². The summed E-state index contributed by atoms with van der Waals surface area (Å²) < 4.78 is 26.7. The third-order valence-corrected chi connectivity index (χ3v) is 4.94. The SMILES string of the molecule is CCNC.CCc1cc(NC(=O)C(O)c2cc(F)cc(F)c2)ccc1-c1cnc(N)c(C=O)c1. The van der Waals surface area contributed by atoms with E-state index in [9.17, 15) is 23.5 Å². The number of aromatic nitrogens is 1. The molecule has 0 aliphatic rings. The molecule has 9 heteroatoms. The highest BCUT2D eigenvalue weighted by molar-refractivity contribution is 5.95. The number of pyridine rings is 1. The highest BCUT2D eigenvalue weighted by atomic mass is 19.1. The number of nitrogen functional groups attached to an aromatic ring is 1. The third kappa shape index (κ3) is 6.90. The Morgan fingerprint density at radius 3 is 2.35 bits per heavy atom. The van der Waals surface area contributed by atoms with Crippen molar-refractivity contribution in [3.8, 4) is 11.1 Å². The lowest BCUT2D eigenvalue weighted by atomic mass is 9.97. The van der Waals surface area contributed by atoms with Crippen LogP contribution in [0.5, 0.6) is 0 Å². The van der Waals surface area contributed by atoms with Crippen LogP contribution in [0, 0.1) is 11.6 Å². The van der Waals surface area contributed by atoms with Gasteiger partial charge in [0.2, 0.25) is 0 Å². The number of aryl methyl sites for hydroxylation is 1. The van der Waals surface area contributed by atoms with E-state index in [-0.39, 0.29) is 16.9 Å². The van der Waals surface area contributed by atoms with Crippen LogP contribution in [0.1, 0.15) is 41.4 Å². The summed E-state index contributed by atoms with van der Waals surface area (Å²) >= 11 is 0. The number of nitrogens with two attached hydrogens (primary N) is 1. The zero-order valence-electron chi connectivity index (χ0n) is 19.2. The number of carbonyl (C=O) groups excluding carboxylic acids is 2. The van der Waals surface area contributed by atoms with E-state index in [1.54, 1.807) is 30.5 Å². The van der Waals surface area contributed by atoms with E-state index < -0.39 is 23.6 Å². The van der Waals surface area contributed by atoms with Crippen molar-refractivity contribution in [1.29, 1.82) is 0 Å². The minimum Gasteiger partial charge on any atom is -0.383 e. The molecule has 0 bridgehead atoms. The van der Waals surface area contributed by atoms with E-state index in [4.69, 9.17) is 5.73 Å². The molecule has 5 N–H and O–H groups in total. The van der Waals surface area contributed by atoms with Crippen molar-refractivity contribution in [3.05, 3.63) is 77.0 Å². The maximum absolute atomic E-state index is 13.3. The van der Waals surface area contributed by atoms with Gasteiger partial charge in [-0.2, -0.15) is 0 Å². The Kier molecular flexibility index (Phi) is 9.78. The predicted octanol–water partition coefficient (Wildman–Crippen LogP) is 3.88. The number of benzene rings is 2. The van der Waals surface area contributed by atoms with Crippen LogP contribution in [0.25, 0.3) is 11.1 Å². The summed E-state index contributed by atoms with van der Waals surface area (Å²) in [5, 5.41) is 15.6. The average Bonchev–Trinajstić information content (AvgIpc) is 2.83. The van der Waals surface area contributed by atoms with E-state index in [0.717, 1.165) is 29.8 Å². The number of halogens is 2. The molecule has 2 aromatic carbocycles. The Hall–Kier alpha value is -3.69. The minimum atomic E-state index is -1.74. The molecule has 0 radical (unpaired) electrons. The van der Waals surface area contributed by atoms with Gasteiger partial charge in [0.15, 0.2) is 12.4 Å². The van der Waals surface area contributed by atoms with Gasteiger partial charge in [-0.3, -0.25) is 9.59 Å². The molecule has 0 spiro atoms. The summed E-state index contributed by atoms with van der Waals surface area (Å²) in [6.45, 7) is 5.06. The molecule has 3 aromatic rings. The summed E-state index contributed by atoms with van der Waals surface area (Å²) in [5.74, 6) is -2.46. The molecule has 1 heterocycles. The Morgan fingerprint density at radius 1 is 1.15 bits per heavy atom. The first-order valence-corrected chi connectivity index (χ1v) is 10.7. The van der Waals surface area contributed by atoms with Crippen molar-refractivity contribution in [2.45, 2.75) is 26.4 Å². The van der Waals surface area contributed by atoms with Crippen molar-refractivity contribution < 1.29 is 23.5 Å². The molecule has 3 rings (SSSR count). The van der Waals surface area contributed by atoms with Crippen molar-refractivity contribution in [2.24, 2.45) is 0 Å². The largest absolute Gasteiger partial charge is 0.383 e. The monoisotopic (exact) mass is 470 g/mol. The van der Waals surface area contributed by atoms with Crippen LogP contribution in [-0.2, 0) is 11.2 Å². The van der Waals surface area contributed by atoms with Crippen molar-refractivity contribution in [2.75, 3.05) is 24.6 Å². The predicted molar refractivity (Wildman–Crippen MR) is 128 cm³/mol. The lowest BCUT2D eigenvalue weighted by molar-refractivity contribution is -0.124. The van der Waals surface area contributed by atoms with Crippen LogP contribution in [0.4, 0.5) is 20.3 Å². The molecular weight excluding hydrogens is 442 g/mol. The van der Waals surface area contributed by atoms with Crippen molar-refractivity contribution in [1.82, 2.24) is 10.3 Å². The zero-order valence-corrected chi connectivity index (χ0v) is 19.2. The molecule has 0 aliphatic heterocycles. The van der Waals surface area contributed by atoms with Gasteiger partial charge in [0.05, 0.1) is 5.56 Å². The molecule has 7 nitrogen and oxygen atoms in total. The van der Waals surface area contributed by atoms with Crippen LogP contribution >= 0.6 is 0 Å². The van der Waals surface area contributed by atoms with Gasteiger partial charge in [-0.15, -0.1) is 0 Å². The smallest absolute Gasteiger partial charge is 0.257 e. The Morgan fingerprint density at radius 2 is 1.79 bits per heavy atom. The molecule has 1 aromatic heterocycles. The maximum Gasteiger partial charge on any atom is 0.257 e. The number of aliphatic hydroxyl groups is 1. The van der Waals surface area contributed by atoms with Gasteiger partial charge in [0.1, 0.15) is 17.5 Å². The fraction of sp³-hybridized carbons (Fsp3) is 0.240. The number of hydrogen-bond donors (Lipinski definition) is 4. The van der Waals surface area contributed by atoms with Crippen LogP contribution in [-0.4, -0.2) is 35.9 Å². The number of anilines is 2. The Labute approximate surface area is 197 Å². The standard InChI is InChI=1S/C22H19F2N3O3.C3H9N/c1-2-12-8-18(3-4-19(12)14-5-15(11-28)21(25)26-10-14)27-22(30)20(29)13-6-16(23)9-17(24)7-13;1-3-4-2/h3-11,20,29H,2H2,1H3,(H2,25,26)(H,27,30);4H,3H2,1-2H3. The average molecular weight is 471 g/mol. The molecule has 1 amide bonds. The number of aliphatic hydroxyl groups excluding tert-OH is 1. The first-order valence-electron chi connectivity index (χ1n) is 10.7. The second kappa shape index (κ2) is 12.5. The van der Waals surface area contributed by atoms with Gasteiger partial charge in [0, 0.05) is 23.5 Å². The first kappa shape index (κ1) is 26.6. The summed E-state index contributed by atoms with van der Waals surface area (Å²) in [5.41, 5.74) is 8.49. The fourth-order valence-corrected chi connectivity index (χ4v) is 3.07. The summed E-state index contributed by atoms with van der Waals surface area (Å²) in [4.78, 5) is 27.5. The molecule has 0 saturated heterocycles. The Balaban J connectivity index is 0.000000945. The van der Waals surface area contributed by atoms with Crippen LogP contribution < -0.4 is 16.4 Å². The summed E-state index contributed by atoms with van der Waals surface area (Å²) in [6, 6.07) is 9.14. The Bertz CT molecular complexity index is 1130. The number of hydrogen-bond acceptors (Lipinski definition) is 6. The third-order valence-electron chi connectivity index (χ3n) is 4.94. The van der Waals surface area contributed by atoms with E-state index in [1.165, 1.54) is 0 Å². The number of rotatable bonds is 7. The molecular formula is C25H28F2N4O3. The number of nitrogens with zero attached hydrogens (tertiary/aromatic N) is 1. The summed E-state index contributed by atoms with van der Waals surface area (Å²) in [7, 11) is 1.93. The normalized spacial score (nSPS) is 11.2. The van der Waals surface area contributed by atoms with Gasteiger partial charge in [0.25, 0.3) is 5.91 Å². The quantitative estimate of drug-likeness (QED) is 0.389. The number of nitrogens with one attached hydrogen (secondary N) is 2. The van der Waals surface area contributed by atoms with Crippen molar-refractivity contribution in [3.63, 3.8) is 0 Å². The van der Waals surface area contributed by atoms with Crippen LogP contribution in [0.3, 0.4) is 0 Å². The zero-order chi connectivity index (χ0) is 25.3. The van der Waals surface area contributed by atoms with Gasteiger partial charge < -0.3 is 21.5 Å². The molecule has 1 unspecified atom stereocenters. The minimum absolute atomic E-state index is 0.137. The number of aldehydes is 1. The fourth-order valence-electron chi connectivity index (χ4n) is 3.07. The highest BCUT2D eigenvalue weighted by Gasteiger charge is 2.20. The lowest BCUT2D eigenvalue weighted by Crippen LogP contribution is -2.21. The lowest BCUT2D eigenvalue weighted by Gasteiger charge is -2.15. The topological polar surface area (TPSA) is 117 Å². The number of amides is 1. The van der Waals surface area contributed by atoms with E-state index in [0.29, 0.717) is 30.0 Å². The molecule has 1 atom stereocenters. The molecule has 0 fully saturated rings. The van der Waals surface area contributed by atoms with E-state index >= 15 is 0 Å². The molecule has 0 aliphatic carbocycles. The second-order valence-electron chi connectivity index (χ2n) is 7.34.